The van der Waals surface area contributed by atoms with E-state index in [-0.39, 0.29) is 11.3 Å². The smallest absolute Gasteiger partial charge is 0.150 e. The van der Waals surface area contributed by atoms with Crippen LogP contribution in [-0.2, 0) is 0 Å². The van der Waals surface area contributed by atoms with E-state index >= 15 is 0 Å². The highest BCUT2D eigenvalue weighted by Crippen LogP contribution is 2.24. The van der Waals surface area contributed by atoms with Crippen molar-refractivity contribution in [3.63, 3.8) is 0 Å². The van der Waals surface area contributed by atoms with Crippen LogP contribution in [-0.4, -0.2) is 43.9 Å². The Bertz CT molecular complexity index is 439. The van der Waals surface area contributed by atoms with Crippen molar-refractivity contribution >= 4 is 12.0 Å². The molecule has 0 aliphatic rings. The molecule has 0 aromatic heterocycles. The maximum Gasteiger partial charge on any atom is 0.150 e. The highest BCUT2D eigenvalue weighted by Gasteiger charge is 2.17. The van der Waals surface area contributed by atoms with Gasteiger partial charge in [-0.1, -0.05) is 13.8 Å². The number of carbonyl (C=O) groups excluding carboxylic acids is 1. The largest absolute Gasteiger partial charge is 0.367 e. The summed E-state index contributed by atoms with van der Waals surface area (Å²) < 4.78 is 28.0. The second-order valence-corrected chi connectivity index (χ2v) is 4.91. The predicted molar refractivity (Wildman–Crippen MR) is 82.0 cm³/mol. The normalized spacial score (nSPS) is 11.0. The second-order valence-electron chi connectivity index (χ2n) is 4.91. The summed E-state index contributed by atoms with van der Waals surface area (Å²) in [5.41, 5.74) is -0.0180. The standard InChI is InChI=1S/C16H24F2N2O/c1-4-19(5-2)8-7-9-20(6-3)16-14(17)10-13(12-21)11-15(16)18/h10-12H,4-9H2,1-3H3. The van der Waals surface area contributed by atoms with Gasteiger partial charge in [0.2, 0.25) is 0 Å². The molecular weight excluding hydrogens is 274 g/mol. The molecule has 1 aromatic rings. The Balaban J connectivity index is 2.78. The molecule has 0 saturated carbocycles. The van der Waals surface area contributed by atoms with Gasteiger partial charge >= 0.3 is 0 Å². The highest BCUT2D eigenvalue weighted by molar-refractivity contribution is 5.76. The van der Waals surface area contributed by atoms with Crippen LogP contribution in [0.1, 0.15) is 37.6 Å². The fraction of sp³-hybridized carbons (Fsp3) is 0.562. The van der Waals surface area contributed by atoms with Crippen LogP contribution in [0.25, 0.3) is 0 Å². The van der Waals surface area contributed by atoms with Crippen LogP contribution in [0.5, 0.6) is 0 Å². The summed E-state index contributed by atoms with van der Waals surface area (Å²) in [5, 5.41) is 0. The van der Waals surface area contributed by atoms with E-state index < -0.39 is 11.6 Å². The molecule has 21 heavy (non-hydrogen) atoms. The summed E-state index contributed by atoms with van der Waals surface area (Å²) in [4.78, 5) is 14.6. The van der Waals surface area contributed by atoms with E-state index in [1.807, 2.05) is 6.92 Å². The van der Waals surface area contributed by atoms with Gasteiger partial charge in [-0.2, -0.15) is 0 Å². The van der Waals surface area contributed by atoms with Crippen molar-refractivity contribution in [3.05, 3.63) is 29.3 Å². The first kappa shape index (κ1) is 17.6. The molecule has 0 radical (unpaired) electrons. The third kappa shape index (κ3) is 4.77. The van der Waals surface area contributed by atoms with Crippen LogP contribution in [0.3, 0.4) is 0 Å². The van der Waals surface area contributed by atoms with Crippen LogP contribution in [0.2, 0.25) is 0 Å². The minimum absolute atomic E-state index is 0.0212. The van der Waals surface area contributed by atoms with Crippen molar-refractivity contribution < 1.29 is 13.6 Å². The summed E-state index contributed by atoms with van der Waals surface area (Å²) in [6, 6.07) is 2.16. The van der Waals surface area contributed by atoms with E-state index in [9.17, 15) is 13.6 Å². The molecule has 5 heteroatoms. The minimum atomic E-state index is -0.679. The zero-order valence-electron chi connectivity index (χ0n) is 13.0. The number of halogens is 2. The predicted octanol–water partition coefficient (Wildman–Crippen LogP) is 3.34. The zero-order valence-corrected chi connectivity index (χ0v) is 13.0. The van der Waals surface area contributed by atoms with E-state index in [4.69, 9.17) is 0 Å². The van der Waals surface area contributed by atoms with Gasteiger partial charge in [-0.25, -0.2) is 8.78 Å². The average Bonchev–Trinajstić information content (AvgIpc) is 2.48. The van der Waals surface area contributed by atoms with E-state index in [1.54, 1.807) is 4.90 Å². The summed E-state index contributed by atoms with van der Waals surface area (Å²) in [7, 11) is 0. The SMILES string of the molecule is CCN(CC)CCCN(CC)c1c(F)cc(C=O)cc1F. The fourth-order valence-corrected chi connectivity index (χ4v) is 2.41. The van der Waals surface area contributed by atoms with Crippen LogP contribution in [0.15, 0.2) is 12.1 Å². The Morgan fingerprint density at radius 3 is 2.00 bits per heavy atom. The lowest BCUT2D eigenvalue weighted by Gasteiger charge is -2.26. The molecule has 118 valence electrons. The Labute approximate surface area is 125 Å². The number of anilines is 1. The number of benzene rings is 1. The van der Waals surface area contributed by atoms with E-state index in [2.05, 4.69) is 18.7 Å². The summed E-state index contributed by atoms with van der Waals surface area (Å²) in [5.74, 6) is -1.36. The number of rotatable bonds is 9. The van der Waals surface area contributed by atoms with Crippen LogP contribution in [0.4, 0.5) is 14.5 Å². The van der Waals surface area contributed by atoms with Crippen LogP contribution >= 0.6 is 0 Å². The highest BCUT2D eigenvalue weighted by atomic mass is 19.1. The second kappa shape index (κ2) is 8.72. The molecule has 1 aromatic carbocycles. The molecule has 0 spiro atoms. The van der Waals surface area contributed by atoms with Crippen LogP contribution < -0.4 is 4.90 Å². The van der Waals surface area contributed by atoms with Gasteiger partial charge in [-0.05, 0) is 45.1 Å². The Hall–Kier alpha value is -1.49. The molecule has 0 saturated heterocycles. The summed E-state index contributed by atoms with van der Waals surface area (Å²) in [6.07, 6.45) is 1.29. The molecule has 0 bridgehead atoms. The van der Waals surface area contributed by atoms with E-state index in [0.29, 0.717) is 19.4 Å². The molecule has 0 aliphatic heterocycles. The molecule has 1 rings (SSSR count). The van der Waals surface area contributed by atoms with Gasteiger partial charge in [-0.15, -0.1) is 0 Å². The topological polar surface area (TPSA) is 23.6 Å². The van der Waals surface area contributed by atoms with Gasteiger partial charge in [0, 0.05) is 18.7 Å². The zero-order chi connectivity index (χ0) is 15.8. The molecule has 0 unspecified atom stereocenters. The number of aldehydes is 1. The van der Waals surface area contributed by atoms with Crippen molar-refractivity contribution in [2.45, 2.75) is 27.2 Å². The fourth-order valence-electron chi connectivity index (χ4n) is 2.41. The number of hydrogen-bond donors (Lipinski definition) is 0. The Morgan fingerprint density at radius 1 is 1.00 bits per heavy atom. The lowest BCUT2D eigenvalue weighted by Crippen LogP contribution is -2.31. The first-order chi connectivity index (χ1) is 10.1. The lowest BCUT2D eigenvalue weighted by molar-refractivity contribution is 0.112. The first-order valence-electron chi connectivity index (χ1n) is 7.48. The van der Waals surface area contributed by atoms with Crippen molar-refractivity contribution in [2.24, 2.45) is 0 Å². The van der Waals surface area contributed by atoms with E-state index in [1.165, 1.54) is 0 Å². The third-order valence-electron chi connectivity index (χ3n) is 3.67. The van der Waals surface area contributed by atoms with Crippen molar-refractivity contribution in [3.8, 4) is 0 Å². The maximum atomic E-state index is 14.0. The Kier molecular flexibility index (Phi) is 7.29. The molecule has 0 atom stereocenters. The molecule has 0 heterocycles. The van der Waals surface area contributed by atoms with Gasteiger partial charge in [0.05, 0.1) is 0 Å². The molecule has 0 amide bonds. The average molecular weight is 298 g/mol. The molecule has 0 aliphatic carbocycles. The van der Waals surface area contributed by atoms with Gasteiger partial charge in [0.25, 0.3) is 0 Å². The quantitative estimate of drug-likeness (QED) is 0.653. The van der Waals surface area contributed by atoms with Crippen molar-refractivity contribution in [2.75, 3.05) is 37.6 Å². The van der Waals surface area contributed by atoms with Crippen LogP contribution in [0, 0.1) is 11.6 Å². The minimum Gasteiger partial charge on any atom is -0.367 e. The van der Waals surface area contributed by atoms with Gasteiger partial charge in [0.1, 0.15) is 23.6 Å². The summed E-state index contributed by atoms with van der Waals surface area (Å²) in [6.45, 7) is 10.0. The molecular formula is C16H24F2N2O. The van der Waals surface area contributed by atoms with Gasteiger partial charge < -0.3 is 9.80 Å². The van der Waals surface area contributed by atoms with Gasteiger partial charge in [0.15, 0.2) is 0 Å². The Morgan fingerprint density at radius 2 is 1.57 bits per heavy atom. The van der Waals surface area contributed by atoms with Crippen molar-refractivity contribution in [1.82, 2.24) is 4.90 Å². The maximum absolute atomic E-state index is 14.0. The number of carbonyl (C=O) groups is 1. The first-order valence-corrected chi connectivity index (χ1v) is 7.48. The number of nitrogens with zero attached hydrogens (tertiary/aromatic N) is 2. The molecule has 0 N–H and O–H groups in total. The lowest BCUT2D eigenvalue weighted by atomic mass is 10.1. The number of hydrogen-bond acceptors (Lipinski definition) is 3. The van der Waals surface area contributed by atoms with E-state index in [0.717, 1.165) is 38.2 Å². The monoisotopic (exact) mass is 298 g/mol. The summed E-state index contributed by atoms with van der Waals surface area (Å²) >= 11 is 0. The third-order valence-corrected chi connectivity index (χ3v) is 3.67. The van der Waals surface area contributed by atoms with Crippen molar-refractivity contribution in [1.29, 1.82) is 0 Å². The molecule has 3 nitrogen and oxygen atoms in total. The molecule has 0 fully saturated rings. The van der Waals surface area contributed by atoms with Gasteiger partial charge in [-0.3, -0.25) is 4.79 Å².